The molecule has 0 aliphatic carbocycles. The molecule has 18 heavy (non-hydrogen) atoms. The third-order valence-electron chi connectivity index (χ3n) is 2.20. The zero-order valence-corrected chi connectivity index (χ0v) is 12.3. The van der Waals surface area contributed by atoms with E-state index in [9.17, 15) is 9.59 Å². The van der Waals surface area contributed by atoms with E-state index in [1.165, 1.54) is 13.2 Å². The van der Waals surface area contributed by atoms with E-state index in [1.54, 1.807) is 19.1 Å². The maximum atomic E-state index is 11.9. The molecule has 1 N–H and O–H groups in total. The van der Waals surface area contributed by atoms with Crippen LogP contribution in [-0.2, 0) is 9.53 Å². The predicted octanol–water partition coefficient (Wildman–Crippen LogP) is 2.14. The van der Waals surface area contributed by atoms with E-state index in [0.29, 0.717) is 5.56 Å². The molecule has 4 nitrogen and oxygen atoms in total. The summed E-state index contributed by atoms with van der Waals surface area (Å²) in [6.07, 6.45) is 2.88. The number of halogens is 1. The van der Waals surface area contributed by atoms with E-state index in [4.69, 9.17) is 0 Å². The van der Waals surface area contributed by atoms with E-state index >= 15 is 0 Å². The summed E-state index contributed by atoms with van der Waals surface area (Å²) in [4.78, 5) is 22.8. The number of esters is 1. The van der Waals surface area contributed by atoms with Crippen molar-refractivity contribution in [2.24, 2.45) is 0 Å². The van der Waals surface area contributed by atoms with Crippen LogP contribution in [0.1, 0.15) is 17.3 Å². The van der Waals surface area contributed by atoms with Gasteiger partial charge in [-0.05, 0) is 41.6 Å². The van der Waals surface area contributed by atoms with Gasteiger partial charge in [0.2, 0.25) is 0 Å². The molecule has 96 valence electrons. The van der Waals surface area contributed by atoms with Crippen LogP contribution >= 0.6 is 22.6 Å². The lowest BCUT2D eigenvalue weighted by Crippen LogP contribution is -2.31. The Hall–Kier alpha value is -1.37. The number of ether oxygens (including phenoxy) is 1. The first-order valence-corrected chi connectivity index (χ1v) is 6.44. The Morgan fingerprint density at radius 2 is 2.06 bits per heavy atom. The highest BCUT2D eigenvalue weighted by atomic mass is 127. The number of benzene rings is 1. The van der Waals surface area contributed by atoms with Crippen LogP contribution in [0.3, 0.4) is 0 Å². The number of rotatable bonds is 4. The lowest BCUT2D eigenvalue weighted by Gasteiger charge is -2.10. The van der Waals surface area contributed by atoms with Gasteiger partial charge in [0.25, 0.3) is 5.91 Å². The Labute approximate surface area is 120 Å². The van der Waals surface area contributed by atoms with E-state index < -0.39 is 5.97 Å². The van der Waals surface area contributed by atoms with Crippen LogP contribution in [0.25, 0.3) is 0 Å². The molecule has 0 unspecified atom stereocenters. The van der Waals surface area contributed by atoms with Gasteiger partial charge in [0.15, 0.2) is 0 Å². The fraction of sp³-hybridized carbons (Fsp3) is 0.231. The Morgan fingerprint density at radius 1 is 1.39 bits per heavy atom. The first-order valence-electron chi connectivity index (χ1n) is 5.36. The molecule has 1 rings (SSSR count). The number of amides is 1. The van der Waals surface area contributed by atoms with Crippen molar-refractivity contribution in [3.05, 3.63) is 45.6 Å². The first kappa shape index (κ1) is 14.7. The highest BCUT2D eigenvalue weighted by Gasteiger charge is 2.10. The fourth-order valence-electron chi connectivity index (χ4n) is 1.27. The summed E-state index contributed by atoms with van der Waals surface area (Å²) in [5, 5.41) is 2.78. The second kappa shape index (κ2) is 7.15. The molecule has 0 aromatic heterocycles. The Balaban J connectivity index is 2.63. The second-order valence-electron chi connectivity index (χ2n) is 3.62. The number of carbonyl (C=O) groups is 2. The summed E-state index contributed by atoms with van der Waals surface area (Å²) < 4.78 is 5.36. The van der Waals surface area contributed by atoms with Crippen molar-refractivity contribution in [2.45, 2.75) is 13.0 Å². The normalized spacial score (nSPS) is 12.2. The molecule has 1 atom stereocenters. The Kier molecular flexibility index (Phi) is 5.84. The zero-order valence-electron chi connectivity index (χ0n) is 10.1. The molecule has 0 aliphatic heterocycles. The minimum absolute atomic E-state index is 0.165. The quantitative estimate of drug-likeness (QED) is 0.509. The van der Waals surface area contributed by atoms with Gasteiger partial charge in [0.05, 0.1) is 12.7 Å². The molecular formula is C13H14INO3. The van der Waals surface area contributed by atoms with Crippen LogP contribution in [0.5, 0.6) is 0 Å². The predicted molar refractivity (Wildman–Crippen MR) is 77.2 cm³/mol. The smallest absolute Gasteiger partial charge is 0.330 e. The van der Waals surface area contributed by atoms with Gasteiger partial charge in [0.1, 0.15) is 0 Å². The van der Waals surface area contributed by atoms with Gasteiger partial charge < -0.3 is 10.1 Å². The monoisotopic (exact) mass is 359 g/mol. The van der Waals surface area contributed by atoms with Gasteiger partial charge in [-0.15, -0.1) is 0 Å². The standard InChI is InChI=1S/C13H14INO3/c1-9(7-8-12(16)18-2)15-13(17)10-5-3-4-6-11(10)14/h3-9H,1-2H3,(H,15,17)/b8-7+/t9-/m0/s1. The van der Waals surface area contributed by atoms with Crippen LogP contribution < -0.4 is 5.32 Å². The van der Waals surface area contributed by atoms with E-state index in [-0.39, 0.29) is 11.9 Å². The number of hydrogen-bond acceptors (Lipinski definition) is 3. The van der Waals surface area contributed by atoms with Gasteiger partial charge >= 0.3 is 5.97 Å². The van der Waals surface area contributed by atoms with Gasteiger partial charge in [0, 0.05) is 15.7 Å². The summed E-state index contributed by atoms with van der Waals surface area (Å²) in [5.41, 5.74) is 0.622. The Bertz CT molecular complexity index is 471. The molecular weight excluding hydrogens is 345 g/mol. The van der Waals surface area contributed by atoms with Crippen molar-refractivity contribution in [1.29, 1.82) is 0 Å². The summed E-state index contributed by atoms with van der Waals surface area (Å²) in [7, 11) is 1.31. The number of methoxy groups -OCH3 is 1. The molecule has 1 aromatic carbocycles. The fourth-order valence-corrected chi connectivity index (χ4v) is 1.90. The molecule has 1 aromatic rings. The third kappa shape index (κ3) is 4.48. The van der Waals surface area contributed by atoms with Gasteiger partial charge in [-0.25, -0.2) is 4.79 Å². The summed E-state index contributed by atoms with van der Waals surface area (Å²) >= 11 is 2.11. The molecule has 0 radical (unpaired) electrons. The summed E-state index contributed by atoms with van der Waals surface area (Å²) in [5.74, 6) is -0.604. The molecule has 0 heterocycles. The first-order chi connectivity index (χ1) is 8.54. The second-order valence-corrected chi connectivity index (χ2v) is 4.79. The van der Waals surface area contributed by atoms with Crippen LogP contribution in [0.4, 0.5) is 0 Å². The largest absolute Gasteiger partial charge is 0.466 e. The average Bonchev–Trinajstić information content (AvgIpc) is 2.36. The van der Waals surface area contributed by atoms with Crippen LogP contribution in [0.2, 0.25) is 0 Å². The minimum atomic E-state index is -0.439. The van der Waals surface area contributed by atoms with Gasteiger partial charge in [-0.1, -0.05) is 18.2 Å². The maximum Gasteiger partial charge on any atom is 0.330 e. The lowest BCUT2D eigenvalue weighted by atomic mass is 10.2. The molecule has 0 saturated carbocycles. The highest BCUT2D eigenvalue weighted by molar-refractivity contribution is 14.1. The summed E-state index contributed by atoms with van der Waals surface area (Å²) in [6, 6.07) is 7.07. The number of hydrogen-bond donors (Lipinski definition) is 1. The van der Waals surface area contributed by atoms with Crippen molar-refractivity contribution >= 4 is 34.5 Å². The lowest BCUT2D eigenvalue weighted by molar-refractivity contribution is -0.134. The van der Waals surface area contributed by atoms with E-state index in [1.807, 2.05) is 18.2 Å². The van der Waals surface area contributed by atoms with Crippen molar-refractivity contribution in [3.8, 4) is 0 Å². The van der Waals surface area contributed by atoms with Crippen molar-refractivity contribution in [2.75, 3.05) is 7.11 Å². The molecule has 0 saturated heterocycles. The highest BCUT2D eigenvalue weighted by Crippen LogP contribution is 2.11. The van der Waals surface area contributed by atoms with Crippen LogP contribution in [0.15, 0.2) is 36.4 Å². The number of carbonyl (C=O) groups excluding carboxylic acids is 2. The van der Waals surface area contributed by atoms with Crippen molar-refractivity contribution in [3.63, 3.8) is 0 Å². The van der Waals surface area contributed by atoms with Crippen LogP contribution in [-0.4, -0.2) is 25.0 Å². The molecule has 0 spiro atoms. The number of nitrogens with one attached hydrogen (secondary N) is 1. The summed E-state index contributed by atoms with van der Waals surface area (Å²) in [6.45, 7) is 1.78. The van der Waals surface area contributed by atoms with Crippen molar-refractivity contribution < 1.29 is 14.3 Å². The molecule has 5 heteroatoms. The Morgan fingerprint density at radius 3 is 2.67 bits per heavy atom. The topological polar surface area (TPSA) is 55.4 Å². The van der Waals surface area contributed by atoms with E-state index in [2.05, 4.69) is 32.6 Å². The zero-order chi connectivity index (χ0) is 13.5. The van der Waals surface area contributed by atoms with Crippen molar-refractivity contribution in [1.82, 2.24) is 5.32 Å². The van der Waals surface area contributed by atoms with E-state index in [0.717, 1.165) is 3.57 Å². The molecule has 0 fully saturated rings. The van der Waals surface area contributed by atoms with Gasteiger partial charge in [-0.2, -0.15) is 0 Å². The third-order valence-corrected chi connectivity index (χ3v) is 3.14. The molecule has 0 aliphatic rings. The van der Waals surface area contributed by atoms with Crippen LogP contribution in [0, 0.1) is 3.57 Å². The maximum absolute atomic E-state index is 11.9. The minimum Gasteiger partial charge on any atom is -0.466 e. The SMILES string of the molecule is COC(=O)/C=C/[C@H](C)NC(=O)c1ccccc1I. The average molecular weight is 359 g/mol. The molecule has 1 amide bonds. The molecule has 0 bridgehead atoms. The van der Waals surface area contributed by atoms with Gasteiger partial charge in [-0.3, -0.25) is 4.79 Å².